The quantitative estimate of drug-likeness (QED) is 0.643. The first kappa shape index (κ1) is 8.08. The molecular weight excluding hydrogens is 140 g/mol. The number of aliphatic hydroxyl groups is 1. The highest BCUT2D eigenvalue weighted by Crippen LogP contribution is 2.26. The molecule has 1 rings (SSSR count). The van der Waals surface area contributed by atoms with Crippen molar-refractivity contribution in [3.8, 4) is 5.75 Å². The zero-order valence-corrected chi connectivity index (χ0v) is 6.70. The molecule has 11 heavy (non-hydrogen) atoms. The number of phenolic OH excluding ortho intramolecular Hbond substituents is 1. The maximum absolute atomic E-state index is 9.30. The molecule has 2 N–H and O–H groups in total. The minimum atomic E-state index is -0.601. The van der Waals surface area contributed by atoms with E-state index in [1.807, 2.05) is 13.0 Å². The Hall–Kier alpha value is -1.02. The molecule has 0 aliphatic carbocycles. The molecule has 2 nitrogen and oxygen atoms in total. The summed E-state index contributed by atoms with van der Waals surface area (Å²) in [6.07, 6.45) is -0.601. The number of aliphatic hydroxyl groups excluding tert-OH is 1. The minimum Gasteiger partial charge on any atom is -0.508 e. The maximum atomic E-state index is 9.30. The Morgan fingerprint density at radius 1 is 1.36 bits per heavy atom. The highest BCUT2D eigenvalue weighted by molar-refractivity contribution is 5.39. The van der Waals surface area contributed by atoms with E-state index in [4.69, 9.17) is 0 Å². The highest BCUT2D eigenvalue weighted by atomic mass is 16.3. The molecule has 0 bridgehead atoms. The number of hydrogen-bond acceptors (Lipinski definition) is 2. The van der Waals surface area contributed by atoms with Gasteiger partial charge in [0.1, 0.15) is 5.75 Å². The Morgan fingerprint density at radius 2 is 2.00 bits per heavy atom. The van der Waals surface area contributed by atoms with Gasteiger partial charge in [-0.3, -0.25) is 0 Å². The number of hydrogen-bond donors (Lipinski definition) is 2. The average molecular weight is 152 g/mol. The van der Waals surface area contributed by atoms with Gasteiger partial charge < -0.3 is 10.2 Å². The van der Waals surface area contributed by atoms with Gasteiger partial charge in [-0.25, -0.2) is 0 Å². The molecule has 0 aromatic heterocycles. The predicted octanol–water partition coefficient (Wildman–Crippen LogP) is 1.75. The van der Waals surface area contributed by atoms with E-state index in [2.05, 4.69) is 0 Å². The molecule has 1 atom stereocenters. The first-order valence-corrected chi connectivity index (χ1v) is 3.59. The second-order valence-corrected chi connectivity index (χ2v) is 2.68. The molecule has 1 aromatic carbocycles. The second kappa shape index (κ2) is 2.93. The number of aryl methyl sites for hydroxylation is 1. The van der Waals surface area contributed by atoms with Crippen LogP contribution in [-0.2, 0) is 0 Å². The van der Waals surface area contributed by atoms with Crippen LogP contribution < -0.4 is 0 Å². The molecule has 0 heterocycles. The minimum absolute atomic E-state index is 0.167. The zero-order valence-electron chi connectivity index (χ0n) is 6.70. The standard InChI is InChI=1S/C9H12O2/c1-6-4-3-5-8(11)9(6)7(2)10/h3-5,7,10-11H,1-2H3. The Balaban J connectivity index is 3.21. The Kier molecular flexibility index (Phi) is 2.15. The summed E-state index contributed by atoms with van der Waals surface area (Å²) < 4.78 is 0. The monoisotopic (exact) mass is 152 g/mol. The van der Waals surface area contributed by atoms with Crippen LogP contribution in [0.2, 0.25) is 0 Å². The van der Waals surface area contributed by atoms with Crippen LogP contribution in [-0.4, -0.2) is 10.2 Å². The lowest BCUT2D eigenvalue weighted by atomic mass is 10.0. The van der Waals surface area contributed by atoms with E-state index in [1.165, 1.54) is 0 Å². The molecule has 0 fully saturated rings. The summed E-state index contributed by atoms with van der Waals surface area (Å²) >= 11 is 0. The smallest absolute Gasteiger partial charge is 0.121 e. The van der Waals surface area contributed by atoms with Crippen molar-refractivity contribution in [1.29, 1.82) is 0 Å². The van der Waals surface area contributed by atoms with E-state index in [-0.39, 0.29) is 5.75 Å². The molecule has 0 radical (unpaired) electrons. The van der Waals surface area contributed by atoms with Crippen LogP contribution in [0.1, 0.15) is 24.2 Å². The van der Waals surface area contributed by atoms with Crippen molar-refractivity contribution in [2.45, 2.75) is 20.0 Å². The van der Waals surface area contributed by atoms with E-state index in [0.29, 0.717) is 5.56 Å². The van der Waals surface area contributed by atoms with Crippen LogP contribution in [0.15, 0.2) is 18.2 Å². The predicted molar refractivity (Wildman–Crippen MR) is 43.5 cm³/mol. The van der Waals surface area contributed by atoms with Crippen LogP contribution in [0.4, 0.5) is 0 Å². The molecule has 0 saturated heterocycles. The fourth-order valence-corrected chi connectivity index (χ4v) is 1.21. The van der Waals surface area contributed by atoms with Crippen molar-refractivity contribution in [3.63, 3.8) is 0 Å². The summed E-state index contributed by atoms with van der Waals surface area (Å²) in [5.41, 5.74) is 1.53. The van der Waals surface area contributed by atoms with Gasteiger partial charge >= 0.3 is 0 Å². The lowest BCUT2D eigenvalue weighted by Crippen LogP contribution is -1.94. The molecule has 1 unspecified atom stereocenters. The van der Waals surface area contributed by atoms with Gasteiger partial charge in [0.2, 0.25) is 0 Å². The van der Waals surface area contributed by atoms with Crippen molar-refractivity contribution in [1.82, 2.24) is 0 Å². The lowest BCUT2D eigenvalue weighted by Gasteiger charge is -2.09. The third-order valence-corrected chi connectivity index (χ3v) is 1.72. The maximum Gasteiger partial charge on any atom is 0.121 e. The van der Waals surface area contributed by atoms with E-state index in [9.17, 15) is 10.2 Å². The van der Waals surface area contributed by atoms with Crippen molar-refractivity contribution in [3.05, 3.63) is 29.3 Å². The van der Waals surface area contributed by atoms with Gasteiger partial charge in [0.25, 0.3) is 0 Å². The molecule has 0 aliphatic heterocycles. The van der Waals surface area contributed by atoms with Crippen LogP contribution >= 0.6 is 0 Å². The van der Waals surface area contributed by atoms with Crippen LogP contribution in [0, 0.1) is 6.92 Å². The molecule has 0 amide bonds. The summed E-state index contributed by atoms with van der Waals surface area (Å²) in [7, 11) is 0. The largest absolute Gasteiger partial charge is 0.508 e. The number of rotatable bonds is 1. The third kappa shape index (κ3) is 1.52. The molecule has 0 saturated carbocycles. The lowest BCUT2D eigenvalue weighted by molar-refractivity contribution is 0.194. The molecular formula is C9H12O2. The molecule has 0 spiro atoms. The van der Waals surface area contributed by atoms with Crippen molar-refractivity contribution in [2.24, 2.45) is 0 Å². The number of benzene rings is 1. The SMILES string of the molecule is Cc1cccc(O)c1C(C)O. The summed E-state index contributed by atoms with van der Waals surface area (Å²) in [5.74, 6) is 0.167. The van der Waals surface area contributed by atoms with Crippen LogP contribution in [0.3, 0.4) is 0 Å². The van der Waals surface area contributed by atoms with Gasteiger partial charge in [-0.15, -0.1) is 0 Å². The number of aromatic hydroxyl groups is 1. The van der Waals surface area contributed by atoms with Gasteiger partial charge in [0.05, 0.1) is 6.10 Å². The zero-order chi connectivity index (χ0) is 8.43. The first-order chi connectivity index (χ1) is 5.13. The van der Waals surface area contributed by atoms with Crippen LogP contribution in [0.25, 0.3) is 0 Å². The molecule has 60 valence electrons. The second-order valence-electron chi connectivity index (χ2n) is 2.68. The normalized spacial score (nSPS) is 13.0. The fraction of sp³-hybridized carbons (Fsp3) is 0.333. The van der Waals surface area contributed by atoms with Gasteiger partial charge in [-0.05, 0) is 25.5 Å². The van der Waals surface area contributed by atoms with E-state index >= 15 is 0 Å². The third-order valence-electron chi connectivity index (χ3n) is 1.72. The average Bonchev–Trinajstić information content (AvgIpc) is 1.85. The van der Waals surface area contributed by atoms with Gasteiger partial charge in [0, 0.05) is 5.56 Å². The van der Waals surface area contributed by atoms with E-state index < -0.39 is 6.10 Å². The van der Waals surface area contributed by atoms with Crippen molar-refractivity contribution in [2.75, 3.05) is 0 Å². The summed E-state index contributed by atoms with van der Waals surface area (Å²) in [6.45, 7) is 3.50. The van der Waals surface area contributed by atoms with Crippen molar-refractivity contribution < 1.29 is 10.2 Å². The van der Waals surface area contributed by atoms with E-state index in [1.54, 1.807) is 19.1 Å². The highest BCUT2D eigenvalue weighted by Gasteiger charge is 2.08. The fourth-order valence-electron chi connectivity index (χ4n) is 1.21. The van der Waals surface area contributed by atoms with Gasteiger partial charge in [-0.2, -0.15) is 0 Å². The Bertz CT molecular complexity index is 233. The Morgan fingerprint density at radius 3 is 2.36 bits per heavy atom. The molecule has 2 heteroatoms. The molecule has 0 aliphatic rings. The summed E-state index contributed by atoms with van der Waals surface area (Å²) in [6, 6.07) is 5.20. The Labute approximate surface area is 66.1 Å². The summed E-state index contributed by atoms with van der Waals surface area (Å²) in [4.78, 5) is 0. The number of phenols is 1. The summed E-state index contributed by atoms with van der Waals surface area (Å²) in [5, 5.41) is 18.5. The first-order valence-electron chi connectivity index (χ1n) is 3.59. The van der Waals surface area contributed by atoms with Gasteiger partial charge in [-0.1, -0.05) is 12.1 Å². The van der Waals surface area contributed by atoms with E-state index in [0.717, 1.165) is 5.56 Å². The van der Waals surface area contributed by atoms with Crippen LogP contribution in [0.5, 0.6) is 5.75 Å². The van der Waals surface area contributed by atoms with Gasteiger partial charge in [0.15, 0.2) is 0 Å². The molecule has 1 aromatic rings. The topological polar surface area (TPSA) is 40.5 Å². The van der Waals surface area contributed by atoms with Crippen molar-refractivity contribution >= 4 is 0 Å².